The van der Waals surface area contributed by atoms with E-state index in [1.165, 1.54) is 11.1 Å². The second kappa shape index (κ2) is 6.29. The second-order valence-corrected chi connectivity index (χ2v) is 5.50. The van der Waals surface area contributed by atoms with E-state index in [1.807, 2.05) is 36.4 Å². The summed E-state index contributed by atoms with van der Waals surface area (Å²) in [6.07, 6.45) is 0.984. The van der Waals surface area contributed by atoms with Gasteiger partial charge >= 0.3 is 0 Å². The predicted octanol–water partition coefficient (Wildman–Crippen LogP) is 3.01. The Hall–Kier alpha value is -1.84. The average Bonchev–Trinajstić information content (AvgIpc) is 3.00. The normalized spacial score (nSPS) is 16.1. The monoisotopic (exact) mass is 283 g/mol. The number of ether oxygens (including phenoxy) is 1. The highest BCUT2D eigenvalue weighted by atomic mass is 16.5. The zero-order valence-electron chi connectivity index (χ0n) is 12.3. The van der Waals surface area contributed by atoms with Crippen molar-refractivity contribution in [1.82, 2.24) is 5.32 Å². The molecule has 0 saturated carbocycles. The van der Waals surface area contributed by atoms with Crippen LogP contribution in [0.5, 0.6) is 5.75 Å². The van der Waals surface area contributed by atoms with Gasteiger partial charge < -0.3 is 15.2 Å². The van der Waals surface area contributed by atoms with Gasteiger partial charge in [0, 0.05) is 12.5 Å². The molecule has 0 radical (unpaired) electrons. The molecule has 0 fully saturated rings. The van der Waals surface area contributed by atoms with Crippen LogP contribution in [0.4, 0.5) is 0 Å². The topological polar surface area (TPSA) is 41.5 Å². The van der Waals surface area contributed by atoms with E-state index in [-0.39, 0.29) is 18.7 Å². The molecule has 0 bridgehead atoms. The van der Waals surface area contributed by atoms with Crippen molar-refractivity contribution in [2.24, 2.45) is 0 Å². The van der Waals surface area contributed by atoms with Crippen LogP contribution in [0.15, 0.2) is 48.5 Å². The van der Waals surface area contributed by atoms with Crippen LogP contribution in [-0.2, 0) is 6.42 Å². The standard InChI is InChI=1S/C18H21NO2/c1-13(15-7-8-18-16(11-15)9-10-21-18)19-17(12-20)14-5-3-2-4-6-14/h2-8,11,13,17,19-20H,9-10,12H2,1H3/t13?,17-/m0/s1. The van der Waals surface area contributed by atoms with Gasteiger partial charge in [0.05, 0.1) is 19.3 Å². The van der Waals surface area contributed by atoms with Crippen LogP contribution in [-0.4, -0.2) is 18.3 Å². The number of hydrogen-bond donors (Lipinski definition) is 2. The van der Waals surface area contributed by atoms with Crippen molar-refractivity contribution in [3.8, 4) is 5.75 Å². The lowest BCUT2D eigenvalue weighted by molar-refractivity contribution is 0.235. The number of rotatable bonds is 5. The molecular weight excluding hydrogens is 262 g/mol. The Labute approximate surface area is 125 Å². The van der Waals surface area contributed by atoms with Gasteiger partial charge in [-0.25, -0.2) is 0 Å². The molecule has 3 nitrogen and oxygen atoms in total. The fraction of sp³-hybridized carbons (Fsp3) is 0.333. The van der Waals surface area contributed by atoms with Gasteiger partial charge in [-0.2, -0.15) is 0 Å². The third-order valence-electron chi connectivity index (χ3n) is 4.05. The summed E-state index contributed by atoms with van der Waals surface area (Å²) < 4.78 is 5.54. The van der Waals surface area contributed by atoms with Crippen LogP contribution in [0.2, 0.25) is 0 Å². The van der Waals surface area contributed by atoms with E-state index in [1.54, 1.807) is 0 Å². The average molecular weight is 283 g/mol. The minimum absolute atomic E-state index is 0.0503. The summed E-state index contributed by atoms with van der Waals surface area (Å²) in [7, 11) is 0. The van der Waals surface area contributed by atoms with Crippen LogP contribution < -0.4 is 10.1 Å². The molecule has 0 aliphatic carbocycles. The van der Waals surface area contributed by atoms with Crippen molar-refractivity contribution in [1.29, 1.82) is 0 Å². The number of aliphatic hydroxyl groups is 1. The summed E-state index contributed by atoms with van der Waals surface area (Å²) >= 11 is 0. The van der Waals surface area contributed by atoms with Crippen molar-refractivity contribution in [3.63, 3.8) is 0 Å². The van der Waals surface area contributed by atoms with Crippen LogP contribution in [0.25, 0.3) is 0 Å². The highest BCUT2D eigenvalue weighted by Gasteiger charge is 2.17. The molecule has 3 rings (SSSR count). The third-order valence-corrected chi connectivity index (χ3v) is 4.05. The molecule has 1 aliphatic heterocycles. The summed E-state index contributed by atoms with van der Waals surface area (Å²) in [6.45, 7) is 3.00. The van der Waals surface area contributed by atoms with E-state index in [2.05, 4.69) is 24.4 Å². The Morgan fingerprint density at radius 3 is 2.71 bits per heavy atom. The lowest BCUT2D eigenvalue weighted by atomic mass is 10.0. The van der Waals surface area contributed by atoms with E-state index in [4.69, 9.17) is 4.74 Å². The van der Waals surface area contributed by atoms with Crippen LogP contribution >= 0.6 is 0 Å². The van der Waals surface area contributed by atoms with Gasteiger partial charge in [0.15, 0.2) is 0 Å². The highest BCUT2D eigenvalue weighted by Crippen LogP contribution is 2.29. The maximum absolute atomic E-state index is 9.65. The Bertz CT molecular complexity index is 597. The molecule has 3 heteroatoms. The van der Waals surface area contributed by atoms with Crippen molar-refractivity contribution < 1.29 is 9.84 Å². The van der Waals surface area contributed by atoms with E-state index in [9.17, 15) is 5.11 Å². The molecule has 2 aromatic rings. The van der Waals surface area contributed by atoms with Crippen molar-refractivity contribution in [2.45, 2.75) is 25.4 Å². The summed E-state index contributed by atoms with van der Waals surface area (Å²) in [6, 6.07) is 16.5. The fourth-order valence-corrected chi connectivity index (χ4v) is 2.81. The first-order valence-electron chi connectivity index (χ1n) is 7.45. The molecule has 1 heterocycles. The molecule has 0 spiro atoms. The minimum Gasteiger partial charge on any atom is -0.493 e. The molecule has 2 N–H and O–H groups in total. The minimum atomic E-state index is -0.0503. The molecular formula is C18H21NO2. The van der Waals surface area contributed by atoms with Crippen LogP contribution in [0.1, 0.15) is 35.7 Å². The number of nitrogens with one attached hydrogen (secondary N) is 1. The summed E-state index contributed by atoms with van der Waals surface area (Å²) in [5.41, 5.74) is 3.62. The largest absolute Gasteiger partial charge is 0.493 e. The number of aliphatic hydroxyl groups excluding tert-OH is 1. The van der Waals surface area contributed by atoms with Gasteiger partial charge in [-0.15, -0.1) is 0 Å². The van der Waals surface area contributed by atoms with Gasteiger partial charge in [-0.1, -0.05) is 42.5 Å². The van der Waals surface area contributed by atoms with E-state index in [0.717, 1.165) is 24.3 Å². The predicted molar refractivity (Wildman–Crippen MR) is 83.5 cm³/mol. The molecule has 0 aromatic heterocycles. The zero-order valence-corrected chi connectivity index (χ0v) is 12.3. The first-order valence-corrected chi connectivity index (χ1v) is 7.45. The Morgan fingerprint density at radius 1 is 1.14 bits per heavy atom. The zero-order chi connectivity index (χ0) is 14.7. The maximum atomic E-state index is 9.65. The van der Waals surface area contributed by atoms with Gasteiger partial charge in [0.25, 0.3) is 0 Å². The first kappa shape index (κ1) is 14.1. The Kier molecular flexibility index (Phi) is 4.23. The molecule has 110 valence electrons. The van der Waals surface area contributed by atoms with Gasteiger partial charge in [-0.3, -0.25) is 0 Å². The summed E-state index contributed by atoms with van der Waals surface area (Å²) in [5, 5.41) is 13.1. The molecule has 2 aromatic carbocycles. The molecule has 0 saturated heterocycles. The quantitative estimate of drug-likeness (QED) is 0.886. The third kappa shape index (κ3) is 3.09. The molecule has 1 aliphatic rings. The van der Waals surface area contributed by atoms with Crippen molar-refractivity contribution in [2.75, 3.05) is 13.2 Å². The highest BCUT2D eigenvalue weighted by molar-refractivity contribution is 5.40. The van der Waals surface area contributed by atoms with E-state index in [0.29, 0.717) is 0 Å². The number of hydrogen-bond acceptors (Lipinski definition) is 3. The van der Waals surface area contributed by atoms with Gasteiger partial charge in [0.2, 0.25) is 0 Å². The van der Waals surface area contributed by atoms with Gasteiger partial charge in [-0.05, 0) is 29.7 Å². The molecule has 0 amide bonds. The smallest absolute Gasteiger partial charge is 0.122 e. The summed E-state index contributed by atoms with van der Waals surface area (Å²) in [5.74, 6) is 1.01. The Balaban J connectivity index is 1.74. The molecule has 21 heavy (non-hydrogen) atoms. The van der Waals surface area contributed by atoms with Crippen molar-refractivity contribution in [3.05, 3.63) is 65.2 Å². The second-order valence-electron chi connectivity index (χ2n) is 5.50. The lowest BCUT2D eigenvalue weighted by Gasteiger charge is -2.23. The van der Waals surface area contributed by atoms with Crippen molar-refractivity contribution >= 4 is 0 Å². The SMILES string of the molecule is CC(N[C@@H](CO)c1ccccc1)c1ccc2c(c1)CCO2. The van der Waals surface area contributed by atoms with Crippen LogP contribution in [0, 0.1) is 0 Å². The summed E-state index contributed by atoms with van der Waals surface area (Å²) in [4.78, 5) is 0. The lowest BCUT2D eigenvalue weighted by Crippen LogP contribution is -2.27. The maximum Gasteiger partial charge on any atom is 0.122 e. The van der Waals surface area contributed by atoms with Crippen LogP contribution in [0.3, 0.4) is 0 Å². The number of fused-ring (bicyclic) bond motifs is 1. The van der Waals surface area contributed by atoms with Gasteiger partial charge in [0.1, 0.15) is 5.75 Å². The van der Waals surface area contributed by atoms with E-state index < -0.39 is 0 Å². The molecule has 2 atom stereocenters. The number of benzene rings is 2. The Morgan fingerprint density at radius 2 is 1.95 bits per heavy atom. The van der Waals surface area contributed by atoms with E-state index >= 15 is 0 Å². The first-order chi connectivity index (χ1) is 10.3. The fourth-order valence-electron chi connectivity index (χ4n) is 2.81. The molecule has 1 unspecified atom stereocenters.